The molecule has 3 N–H and O–H groups in total. The highest BCUT2D eigenvalue weighted by Crippen LogP contribution is 2.23. The van der Waals surface area contributed by atoms with Gasteiger partial charge in [0.2, 0.25) is 0 Å². The molecule has 5 atom stereocenters. The zero-order valence-corrected chi connectivity index (χ0v) is 8.16. The maximum Gasteiger partial charge on any atom is 0.186 e. The Bertz CT molecular complexity index is 173. The Kier molecular flexibility index (Phi) is 4.24. The van der Waals surface area contributed by atoms with Crippen LogP contribution in [0.25, 0.3) is 0 Å². The quantitative estimate of drug-likeness (QED) is 0.501. The molecule has 1 unspecified atom stereocenters. The first-order chi connectivity index (χ1) is 6.65. The van der Waals surface area contributed by atoms with Crippen LogP contribution in [0.3, 0.4) is 0 Å². The molecule has 6 nitrogen and oxygen atoms in total. The molecule has 1 rings (SSSR count). The van der Waals surface area contributed by atoms with Crippen LogP contribution in [0.1, 0.15) is 0 Å². The van der Waals surface area contributed by atoms with E-state index in [9.17, 15) is 10.2 Å². The lowest BCUT2D eigenvalue weighted by molar-refractivity contribution is -0.299. The van der Waals surface area contributed by atoms with Crippen molar-refractivity contribution < 1.29 is 29.5 Å². The number of aliphatic hydroxyl groups is 3. The Morgan fingerprint density at radius 3 is 2.21 bits per heavy atom. The molecule has 6 heteroatoms. The van der Waals surface area contributed by atoms with E-state index in [0.717, 1.165) is 0 Å². The van der Waals surface area contributed by atoms with Crippen LogP contribution in [-0.4, -0.2) is 66.9 Å². The first kappa shape index (κ1) is 11.8. The molecule has 0 amide bonds. The van der Waals surface area contributed by atoms with Gasteiger partial charge in [0.25, 0.3) is 0 Å². The third-order valence-electron chi connectivity index (χ3n) is 2.33. The van der Waals surface area contributed by atoms with Gasteiger partial charge in [0, 0.05) is 14.2 Å². The van der Waals surface area contributed by atoms with Crippen LogP contribution in [0.2, 0.25) is 0 Å². The second-order valence-corrected chi connectivity index (χ2v) is 3.14. The summed E-state index contributed by atoms with van der Waals surface area (Å²) in [6.45, 7) is -0.380. The molecule has 84 valence electrons. The van der Waals surface area contributed by atoms with Crippen molar-refractivity contribution in [2.24, 2.45) is 0 Å². The van der Waals surface area contributed by atoms with Crippen molar-refractivity contribution in [3.63, 3.8) is 0 Å². The van der Waals surface area contributed by atoms with Crippen LogP contribution in [0.5, 0.6) is 0 Å². The fraction of sp³-hybridized carbons (Fsp3) is 1.00. The van der Waals surface area contributed by atoms with Crippen LogP contribution < -0.4 is 0 Å². The molecule has 0 aromatic heterocycles. The summed E-state index contributed by atoms with van der Waals surface area (Å²) in [6.07, 6.45) is -4.68. The van der Waals surface area contributed by atoms with Gasteiger partial charge in [-0.25, -0.2) is 0 Å². The second kappa shape index (κ2) is 5.01. The van der Waals surface area contributed by atoms with E-state index in [1.165, 1.54) is 14.2 Å². The smallest absolute Gasteiger partial charge is 0.186 e. The largest absolute Gasteiger partial charge is 0.394 e. The molecule has 0 aromatic rings. The Labute approximate surface area is 82.0 Å². The summed E-state index contributed by atoms with van der Waals surface area (Å²) in [5.41, 5.74) is 0. The predicted octanol–water partition coefficient (Wildman–Crippen LogP) is -1.91. The van der Waals surface area contributed by atoms with Gasteiger partial charge in [-0.1, -0.05) is 0 Å². The van der Waals surface area contributed by atoms with E-state index in [1.807, 2.05) is 0 Å². The van der Waals surface area contributed by atoms with Gasteiger partial charge in [0.15, 0.2) is 6.29 Å². The second-order valence-electron chi connectivity index (χ2n) is 3.14. The fourth-order valence-corrected chi connectivity index (χ4v) is 1.50. The molecule has 1 aliphatic heterocycles. The molecule has 0 saturated carbocycles. The highest BCUT2D eigenvalue weighted by Gasteiger charge is 2.44. The van der Waals surface area contributed by atoms with Gasteiger partial charge in [-0.15, -0.1) is 0 Å². The van der Waals surface area contributed by atoms with Crippen molar-refractivity contribution in [1.29, 1.82) is 0 Å². The highest BCUT2D eigenvalue weighted by molar-refractivity contribution is 4.89. The summed E-state index contributed by atoms with van der Waals surface area (Å²) in [7, 11) is 2.78. The molecule has 14 heavy (non-hydrogen) atoms. The number of rotatable bonds is 3. The Hall–Kier alpha value is -0.240. The molecule has 0 aliphatic carbocycles. The number of methoxy groups -OCH3 is 2. The SMILES string of the molecule is COC1O[C@H](CO)[C@@H](O)[C@H](O)[C@H]1OC. The molecule has 1 heterocycles. The minimum Gasteiger partial charge on any atom is -0.394 e. The van der Waals surface area contributed by atoms with E-state index in [-0.39, 0.29) is 6.61 Å². The Morgan fingerprint density at radius 2 is 1.79 bits per heavy atom. The standard InChI is InChI=1S/C8H16O6/c1-12-7-6(11)5(10)4(3-9)14-8(7)13-2/h4-11H,3H2,1-2H3/t4-,5-,6+,7-,8?/m1/s1. The highest BCUT2D eigenvalue weighted by atomic mass is 16.7. The molecular weight excluding hydrogens is 192 g/mol. The minimum absolute atomic E-state index is 0.380. The van der Waals surface area contributed by atoms with E-state index in [0.29, 0.717) is 0 Å². The topological polar surface area (TPSA) is 88.4 Å². The van der Waals surface area contributed by atoms with E-state index >= 15 is 0 Å². The lowest BCUT2D eigenvalue weighted by Gasteiger charge is -2.40. The van der Waals surface area contributed by atoms with Gasteiger partial charge in [0.1, 0.15) is 24.4 Å². The van der Waals surface area contributed by atoms with Crippen LogP contribution in [-0.2, 0) is 14.2 Å². The minimum atomic E-state index is -1.17. The molecule has 1 fully saturated rings. The lowest BCUT2D eigenvalue weighted by atomic mass is 9.99. The average molecular weight is 208 g/mol. The first-order valence-electron chi connectivity index (χ1n) is 4.33. The summed E-state index contributed by atoms with van der Waals surface area (Å²) < 4.78 is 15.0. The van der Waals surface area contributed by atoms with Crippen LogP contribution in [0, 0.1) is 0 Å². The van der Waals surface area contributed by atoms with E-state index in [4.69, 9.17) is 19.3 Å². The summed E-state index contributed by atoms with van der Waals surface area (Å²) in [6, 6.07) is 0. The van der Waals surface area contributed by atoms with Crippen molar-refractivity contribution in [3.8, 4) is 0 Å². The number of hydrogen-bond acceptors (Lipinski definition) is 6. The predicted molar refractivity (Wildman–Crippen MR) is 45.6 cm³/mol. The van der Waals surface area contributed by atoms with Gasteiger partial charge in [-0.05, 0) is 0 Å². The van der Waals surface area contributed by atoms with Crippen molar-refractivity contribution >= 4 is 0 Å². The summed E-state index contributed by atoms with van der Waals surface area (Å²) in [5, 5.41) is 27.9. The monoisotopic (exact) mass is 208 g/mol. The molecule has 1 saturated heterocycles. The van der Waals surface area contributed by atoms with E-state index in [2.05, 4.69) is 0 Å². The van der Waals surface area contributed by atoms with E-state index < -0.39 is 30.7 Å². The van der Waals surface area contributed by atoms with Crippen molar-refractivity contribution in [2.45, 2.75) is 30.7 Å². The summed E-state index contributed by atoms with van der Waals surface area (Å²) in [5.74, 6) is 0. The maximum atomic E-state index is 9.59. The summed E-state index contributed by atoms with van der Waals surface area (Å²) >= 11 is 0. The molecule has 1 aliphatic rings. The van der Waals surface area contributed by atoms with Crippen molar-refractivity contribution in [1.82, 2.24) is 0 Å². The molecule has 0 spiro atoms. The van der Waals surface area contributed by atoms with Crippen LogP contribution in [0.4, 0.5) is 0 Å². The normalized spacial score (nSPS) is 43.9. The molecule has 0 radical (unpaired) electrons. The molecule has 0 bridgehead atoms. The number of hydrogen-bond donors (Lipinski definition) is 3. The van der Waals surface area contributed by atoms with Gasteiger partial charge in [-0.3, -0.25) is 0 Å². The third kappa shape index (κ3) is 2.05. The Morgan fingerprint density at radius 1 is 1.14 bits per heavy atom. The zero-order valence-electron chi connectivity index (χ0n) is 8.16. The zero-order chi connectivity index (χ0) is 10.7. The first-order valence-corrected chi connectivity index (χ1v) is 4.33. The lowest BCUT2D eigenvalue weighted by Crippen LogP contribution is -2.59. The van der Waals surface area contributed by atoms with Gasteiger partial charge < -0.3 is 29.5 Å². The van der Waals surface area contributed by atoms with Crippen LogP contribution >= 0.6 is 0 Å². The van der Waals surface area contributed by atoms with E-state index in [1.54, 1.807) is 0 Å². The van der Waals surface area contributed by atoms with Gasteiger partial charge >= 0.3 is 0 Å². The molecular formula is C8H16O6. The average Bonchev–Trinajstić information content (AvgIpc) is 2.21. The van der Waals surface area contributed by atoms with Crippen LogP contribution in [0.15, 0.2) is 0 Å². The van der Waals surface area contributed by atoms with Crippen molar-refractivity contribution in [2.75, 3.05) is 20.8 Å². The molecule has 0 aromatic carbocycles. The number of ether oxygens (including phenoxy) is 3. The van der Waals surface area contributed by atoms with Gasteiger partial charge in [-0.2, -0.15) is 0 Å². The fourth-order valence-electron chi connectivity index (χ4n) is 1.50. The maximum absolute atomic E-state index is 9.59. The number of aliphatic hydroxyl groups excluding tert-OH is 3. The van der Waals surface area contributed by atoms with Crippen molar-refractivity contribution in [3.05, 3.63) is 0 Å². The third-order valence-corrected chi connectivity index (χ3v) is 2.33. The van der Waals surface area contributed by atoms with Gasteiger partial charge in [0.05, 0.1) is 6.61 Å². The summed E-state index contributed by atoms with van der Waals surface area (Å²) in [4.78, 5) is 0. The Balaban J connectivity index is 2.71.